The highest BCUT2D eigenvalue weighted by molar-refractivity contribution is 9.10. The molecule has 1 heterocycles. The summed E-state index contributed by atoms with van der Waals surface area (Å²) in [5.41, 5.74) is 1.94. The number of hydrogen-bond acceptors (Lipinski definition) is 2. The van der Waals surface area contributed by atoms with Crippen molar-refractivity contribution in [2.24, 2.45) is 5.92 Å². The number of hydrogen-bond donors (Lipinski definition) is 1. The van der Waals surface area contributed by atoms with Crippen LogP contribution in [0.2, 0.25) is 5.02 Å². The van der Waals surface area contributed by atoms with Crippen molar-refractivity contribution in [1.82, 2.24) is 5.32 Å². The molecule has 1 atom stereocenters. The molecular weight excluding hydrogens is 404 g/mol. The molecule has 0 aliphatic carbocycles. The molecule has 6 heteroatoms. The summed E-state index contributed by atoms with van der Waals surface area (Å²) in [5, 5.41) is 3.63. The molecule has 0 radical (unpaired) electrons. The fraction of sp³-hybridized carbons (Fsp3) is 0.263. The first-order chi connectivity index (χ1) is 12.0. The van der Waals surface area contributed by atoms with Gasteiger partial charge in [0.2, 0.25) is 11.8 Å². The van der Waals surface area contributed by atoms with E-state index in [1.54, 1.807) is 4.90 Å². The van der Waals surface area contributed by atoms with E-state index < -0.39 is 0 Å². The summed E-state index contributed by atoms with van der Waals surface area (Å²) < 4.78 is 0.958. The maximum atomic E-state index is 12.3. The van der Waals surface area contributed by atoms with E-state index >= 15 is 0 Å². The summed E-state index contributed by atoms with van der Waals surface area (Å²) in [6, 6.07) is 15.1. The Kier molecular flexibility index (Phi) is 5.76. The van der Waals surface area contributed by atoms with Crippen LogP contribution in [-0.4, -0.2) is 24.9 Å². The number of anilines is 1. The van der Waals surface area contributed by atoms with Crippen molar-refractivity contribution in [3.8, 4) is 0 Å². The molecule has 1 aliphatic heterocycles. The van der Waals surface area contributed by atoms with Crippen molar-refractivity contribution in [2.45, 2.75) is 12.8 Å². The van der Waals surface area contributed by atoms with Crippen molar-refractivity contribution in [1.29, 1.82) is 0 Å². The van der Waals surface area contributed by atoms with Crippen LogP contribution in [0.4, 0.5) is 5.69 Å². The minimum atomic E-state index is -0.304. The topological polar surface area (TPSA) is 49.4 Å². The Labute approximate surface area is 160 Å². The van der Waals surface area contributed by atoms with Crippen LogP contribution in [-0.2, 0) is 16.0 Å². The van der Waals surface area contributed by atoms with E-state index in [9.17, 15) is 9.59 Å². The molecule has 130 valence electrons. The maximum absolute atomic E-state index is 12.3. The van der Waals surface area contributed by atoms with Gasteiger partial charge in [0.25, 0.3) is 0 Å². The SMILES string of the molecule is O=C(NCCc1ccc(Cl)cc1)[C@@H]1CC(=O)N(c2ccc(Br)cc2)C1. The normalized spacial score (nSPS) is 17.0. The first kappa shape index (κ1) is 18.0. The molecule has 1 N–H and O–H groups in total. The lowest BCUT2D eigenvalue weighted by molar-refractivity contribution is -0.126. The molecule has 1 aliphatic rings. The van der Waals surface area contributed by atoms with Gasteiger partial charge >= 0.3 is 0 Å². The minimum absolute atomic E-state index is 0.0137. The quantitative estimate of drug-likeness (QED) is 0.798. The molecule has 0 bridgehead atoms. The Morgan fingerprint density at radius 1 is 1.16 bits per heavy atom. The van der Waals surface area contributed by atoms with Gasteiger partial charge in [-0.15, -0.1) is 0 Å². The smallest absolute Gasteiger partial charge is 0.227 e. The van der Waals surface area contributed by atoms with E-state index in [0.29, 0.717) is 18.1 Å². The van der Waals surface area contributed by atoms with E-state index in [-0.39, 0.29) is 24.2 Å². The molecular formula is C19H18BrClN2O2. The number of amides is 2. The standard InChI is InChI=1S/C19H18BrClN2O2/c20-15-3-7-17(8-4-15)23-12-14(11-18(23)24)19(25)22-10-9-13-1-5-16(21)6-2-13/h1-8,14H,9-12H2,(H,22,25)/t14-/m1/s1. The lowest BCUT2D eigenvalue weighted by atomic mass is 10.1. The van der Waals surface area contributed by atoms with Crippen LogP contribution in [0.1, 0.15) is 12.0 Å². The maximum Gasteiger partial charge on any atom is 0.227 e. The second kappa shape index (κ2) is 8.02. The van der Waals surface area contributed by atoms with E-state index in [4.69, 9.17) is 11.6 Å². The van der Waals surface area contributed by atoms with Gasteiger partial charge in [0.05, 0.1) is 5.92 Å². The number of nitrogens with one attached hydrogen (secondary N) is 1. The first-order valence-electron chi connectivity index (χ1n) is 8.11. The fourth-order valence-electron chi connectivity index (χ4n) is 2.88. The fourth-order valence-corrected chi connectivity index (χ4v) is 3.27. The average molecular weight is 422 g/mol. The van der Waals surface area contributed by atoms with Crippen LogP contribution in [0.25, 0.3) is 0 Å². The molecule has 0 spiro atoms. The van der Waals surface area contributed by atoms with E-state index in [0.717, 1.165) is 22.1 Å². The number of halogens is 2. The van der Waals surface area contributed by atoms with Gasteiger partial charge in [-0.3, -0.25) is 9.59 Å². The Hall–Kier alpha value is -1.85. The summed E-state index contributed by atoms with van der Waals surface area (Å²) in [4.78, 5) is 26.2. The second-order valence-electron chi connectivity index (χ2n) is 6.05. The molecule has 4 nitrogen and oxygen atoms in total. The lowest BCUT2D eigenvalue weighted by Gasteiger charge is -2.16. The Morgan fingerprint density at radius 2 is 1.84 bits per heavy atom. The van der Waals surface area contributed by atoms with Gasteiger partial charge < -0.3 is 10.2 Å². The van der Waals surface area contributed by atoms with Crippen LogP contribution >= 0.6 is 27.5 Å². The number of nitrogens with zero attached hydrogens (tertiary/aromatic N) is 1. The van der Waals surface area contributed by atoms with Gasteiger partial charge in [0, 0.05) is 34.7 Å². The predicted molar refractivity (Wildman–Crippen MR) is 103 cm³/mol. The molecule has 1 saturated heterocycles. The third-order valence-corrected chi connectivity index (χ3v) is 5.04. The van der Waals surface area contributed by atoms with Gasteiger partial charge in [-0.05, 0) is 48.4 Å². The first-order valence-corrected chi connectivity index (χ1v) is 9.28. The summed E-state index contributed by atoms with van der Waals surface area (Å²) in [7, 11) is 0. The minimum Gasteiger partial charge on any atom is -0.355 e. The molecule has 1 fully saturated rings. The largest absolute Gasteiger partial charge is 0.355 e. The average Bonchev–Trinajstić information content (AvgIpc) is 2.99. The van der Waals surface area contributed by atoms with Crippen molar-refractivity contribution in [3.63, 3.8) is 0 Å². The lowest BCUT2D eigenvalue weighted by Crippen LogP contribution is -2.34. The molecule has 25 heavy (non-hydrogen) atoms. The summed E-state index contributed by atoms with van der Waals surface area (Å²) in [6.45, 7) is 0.969. The Bertz CT molecular complexity index is 762. The number of rotatable bonds is 5. The highest BCUT2D eigenvalue weighted by atomic mass is 79.9. The molecule has 2 aromatic carbocycles. The predicted octanol–water partition coefficient (Wildman–Crippen LogP) is 3.81. The van der Waals surface area contributed by atoms with Crippen LogP contribution < -0.4 is 10.2 Å². The third kappa shape index (κ3) is 4.61. The van der Waals surface area contributed by atoms with Crippen LogP contribution in [0.15, 0.2) is 53.0 Å². The zero-order valence-electron chi connectivity index (χ0n) is 13.5. The van der Waals surface area contributed by atoms with Crippen molar-refractivity contribution < 1.29 is 9.59 Å². The highest BCUT2D eigenvalue weighted by Crippen LogP contribution is 2.26. The van der Waals surface area contributed by atoms with Gasteiger partial charge in [0.1, 0.15) is 0 Å². The summed E-state index contributed by atoms with van der Waals surface area (Å²) >= 11 is 9.24. The zero-order chi connectivity index (χ0) is 17.8. The molecule has 0 unspecified atom stereocenters. The molecule has 2 aromatic rings. The van der Waals surface area contributed by atoms with Gasteiger partial charge in [0.15, 0.2) is 0 Å². The highest BCUT2D eigenvalue weighted by Gasteiger charge is 2.34. The van der Waals surface area contributed by atoms with Crippen LogP contribution in [0, 0.1) is 5.92 Å². The summed E-state index contributed by atoms with van der Waals surface area (Å²) in [6.07, 6.45) is 0.989. The van der Waals surface area contributed by atoms with E-state index in [2.05, 4.69) is 21.2 Å². The molecule has 3 rings (SSSR count). The molecule has 0 aromatic heterocycles. The Balaban J connectivity index is 1.52. The summed E-state index contributed by atoms with van der Waals surface area (Å²) in [5.74, 6) is -0.386. The third-order valence-electron chi connectivity index (χ3n) is 4.26. The van der Waals surface area contributed by atoms with Crippen LogP contribution in [0.5, 0.6) is 0 Å². The van der Waals surface area contributed by atoms with Crippen LogP contribution in [0.3, 0.4) is 0 Å². The molecule has 0 saturated carbocycles. The Morgan fingerprint density at radius 3 is 2.52 bits per heavy atom. The van der Waals surface area contributed by atoms with E-state index in [1.807, 2.05) is 48.5 Å². The second-order valence-corrected chi connectivity index (χ2v) is 7.40. The van der Waals surface area contributed by atoms with E-state index in [1.165, 1.54) is 0 Å². The van der Waals surface area contributed by atoms with Crippen molar-refractivity contribution in [3.05, 3.63) is 63.6 Å². The van der Waals surface area contributed by atoms with Gasteiger partial charge in [-0.2, -0.15) is 0 Å². The van der Waals surface area contributed by atoms with Crippen molar-refractivity contribution >= 4 is 45.0 Å². The molecule has 2 amide bonds. The number of carbonyl (C=O) groups excluding carboxylic acids is 2. The van der Waals surface area contributed by atoms with Gasteiger partial charge in [-0.1, -0.05) is 39.7 Å². The van der Waals surface area contributed by atoms with Gasteiger partial charge in [-0.25, -0.2) is 0 Å². The van der Waals surface area contributed by atoms with Crippen molar-refractivity contribution in [2.75, 3.05) is 18.0 Å². The number of carbonyl (C=O) groups is 2. The monoisotopic (exact) mass is 420 g/mol. The zero-order valence-corrected chi connectivity index (χ0v) is 15.9. The number of benzene rings is 2.